The Morgan fingerprint density at radius 1 is 1.19 bits per heavy atom. The van der Waals surface area contributed by atoms with Gasteiger partial charge in [-0.25, -0.2) is 22.8 Å². The molecule has 0 aliphatic carbocycles. The molecule has 0 radical (unpaired) electrons. The van der Waals surface area contributed by atoms with Crippen molar-refractivity contribution < 1.29 is 27.5 Å². The highest BCUT2D eigenvalue weighted by Crippen LogP contribution is 2.30. The first kappa shape index (κ1) is 18.3. The van der Waals surface area contributed by atoms with E-state index in [-0.39, 0.29) is 12.1 Å². The number of nitrogens with one attached hydrogen (secondary N) is 1. The second-order valence-corrected chi connectivity index (χ2v) is 7.11. The second-order valence-electron chi connectivity index (χ2n) is 7.11. The first-order valence-corrected chi connectivity index (χ1v) is 8.36. The van der Waals surface area contributed by atoms with Crippen LogP contribution in [0.15, 0.2) is 12.1 Å². The monoisotopic (exact) mass is 371 g/mol. The predicted octanol–water partition coefficient (Wildman–Crippen LogP) is 3.33. The summed E-state index contributed by atoms with van der Waals surface area (Å²) in [4.78, 5) is 27.4. The van der Waals surface area contributed by atoms with Crippen molar-refractivity contribution in [1.29, 1.82) is 0 Å². The minimum atomic E-state index is -1.63. The minimum absolute atomic E-state index is 0.0518. The van der Waals surface area contributed by atoms with Gasteiger partial charge in [0.15, 0.2) is 17.5 Å². The number of carbonyl (C=O) groups is 2. The third-order valence-electron chi connectivity index (χ3n) is 4.79. The Balaban J connectivity index is 1.61. The zero-order chi connectivity index (χ0) is 19.1. The largest absolute Gasteiger partial charge is 0.447 e. The normalized spacial score (nSPS) is 20.3. The van der Waals surface area contributed by atoms with Crippen molar-refractivity contribution in [2.24, 2.45) is 0 Å². The van der Waals surface area contributed by atoms with E-state index in [2.05, 4.69) is 5.32 Å². The summed E-state index contributed by atoms with van der Waals surface area (Å²) in [6, 6.07) is 1.07. The van der Waals surface area contributed by atoms with Gasteiger partial charge in [-0.2, -0.15) is 0 Å². The molecule has 0 bridgehead atoms. The molecule has 26 heavy (non-hydrogen) atoms. The quantitative estimate of drug-likeness (QED) is 0.812. The van der Waals surface area contributed by atoms with Gasteiger partial charge in [0.1, 0.15) is 6.61 Å². The van der Waals surface area contributed by atoms with Crippen LogP contribution < -0.4 is 5.32 Å². The van der Waals surface area contributed by atoms with Crippen LogP contribution in [0.25, 0.3) is 0 Å². The molecule has 6 nitrogen and oxygen atoms in total. The van der Waals surface area contributed by atoms with E-state index in [0.29, 0.717) is 32.5 Å². The van der Waals surface area contributed by atoms with E-state index >= 15 is 0 Å². The van der Waals surface area contributed by atoms with Crippen LogP contribution in [0.5, 0.6) is 0 Å². The Morgan fingerprint density at radius 2 is 1.85 bits per heavy atom. The van der Waals surface area contributed by atoms with E-state index in [9.17, 15) is 22.8 Å². The van der Waals surface area contributed by atoms with Crippen LogP contribution >= 0.6 is 0 Å². The molecular formula is C17H20F3N3O3. The molecule has 0 unspecified atom stereocenters. The molecule has 2 aliphatic heterocycles. The third-order valence-corrected chi connectivity index (χ3v) is 4.79. The minimum Gasteiger partial charge on any atom is -0.447 e. The van der Waals surface area contributed by atoms with Crippen LogP contribution in [0.3, 0.4) is 0 Å². The Hall–Kier alpha value is -2.45. The number of carbonyl (C=O) groups excluding carboxylic acids is 2. The Bertz CT molecular complexity index is 733. The van der Waals surface area contributed by atoms with Gasteiger partial charge in [-0.3, -0.25) is 4.90 Å². The van der Waals surface area contributed by atoms with Gasteiger partial charge in [0.25, 0.3) is 0 Å². The summed E-state index contributed by atoms with van der Waals surface area (Å²) >= 11 is 0. The van der Waals surface area contributed by atoms with E-state index in [4.69, 9.17) is 4.74 Å². The van der Waals surface area contributed by atoms with Crippen molar-refractivity contribution in [2.75, 3.05) is 25.0 Å². The molecule has 0 atom stereocenters. The van der Waals surface area contributed by atoms with E-state index < -0.39 is 34.7 Å². The first-order valence-electron chi connectivity index (χ1n) is 8.36. The number of urea groups is 1. The number of halogens is 3. The highest BCUT2D eigenvalue weighted by molar-refractivity contribution is 5.89. The summed E-state index contributed by atoms with van der Waals surface area (Å²) in [5.41, 5.74) is -0.818. The van der Waals surface area contributed by atoms with Gasteiger partial charge >= 0.3 is 12.1 Å². The summed E-state index contributed by atoms with van der Waals surface area (Å²) in [7, 11) is 0. The van der Waals surface area contributed by atoms with Gasteiger partial charge in [0.2, 0.25) is 0 Å². The van der Waals surface area contributed by atoms with Crippen LogP contribution in [-0.4, -0.2) is 53.2 Å². The molecule has 1 aromatic rings. The van der Waals surface area contributed by atoms with E-state index in [1.807, 2.05) is 13.8 Å². The highest BCUT2D eigenvalue weighted by Gasteiger charge is 2.44. The maximum Gasteiger partial charge on any atom is 0.410 e. The van der Waals surface area contributed by atoms with Crippen molar-refractivity contribution in [3.8, 4) is 0 Å². The molecule has 9 heteroatoms. The topological polar surface area (TPSA) is 61.9 Å². The fraction of sp³-hybridized carbons (Fsp3) is 0.529. The van der Waals surface area contributed by atoms with Crippen LogP contribution in [0, 0.1) is 17.5 Å². The van der Waals surface area contributed by atoms with Gasteiger partial charge in [-0.05, 0) is 38.8 Å². The number of cyclic esters (lactones) is 1. The van der Waals surface area contributed by atoms with Gasteiger partial charge in [0, 0.05) is 19.1 Å². The van der Waals surface area contributed by atoms with Crippen LogP contribution in [-0.2, 0) is 4.74 Å². The molecular weight excluding hydrogens is 351 g/mol. The third kappa shape index (κ3) is 3.30. The zero-order valence-electron chi connectivity index (χ0n) is 14.5. The van der Waals surface area contributed by atoms with Crippen LogP contribution in [0.2, 0.25) is 0 Å². The molecule has 2 saturated heterocycles. The summed E-state index contributed by atoms with van der Waals surface area (Å²) in [5, 5.41) is 2.26. The SMILES string of the molecule is CC1(C)COC(=O)N1C1CCN(C(=O)Nc2ccc(F)c(F)c2F)CC1. The number of anilines is 1. The number of ether oxygens (including phenoxy) is 1. The molecule has 2 fully saturated rings. The van der Waals surface area contributed by atoms with E-state index in [0.717, 1.165) is 12.1 Å². The fourth-order valence-corrected chi connectivity index (χ4v) is 3.41. The van der Waals surface area contributed by atoms with E-state index in [1.54, 1.807) is 4.90 Å². The smallest absolute Gasteiger partial charge is 0.410 e. The molecule has 2 heterocycles. The first-order chi connectivity index (χ1) is 12.2. The molecule has 142 valence electrons. The molecule has 0 saturated carbocycles. The molecule has 3 rings (SSSR count). The summed E-state index contributed by atoms with van der Waals surface area (Å²) in [6.45, 7) is 4.86. The summed E-state index contributed by atoms with van der Waals surface area (Å²) < 4.78 is 45.0. The Morgan fingerprint density at radius 3 is 2.42 bits per heavy atom. The predicted molar refractivity (Wildman–Crippen MR) is 87.2 cm³/mol. The summed E-state index contributed by atoms with van der Waals surface area (Å²) in [5.74, 6) is -4.38. The van der Waals surface area contributed by atoms with Crippen molar-refractivity contribution in [2.45, 2.75) is 38.3 Å². The number of benzene rings is 1. The van der Waals surface area contributed by atoms with Gasteiger partial charge in [-0.1, -0.05) is 0 Å². The lowest BCUT2D eigenvalue weighted by molar-refractivity contribution is 0.0958. The van der Waals surface area contributed by atoms with Crippen LogP contribution in [0.1, 0.15) is 26.7 Å². The second kappa shape index (κ2) is 6.69. The maximum absolute atomic E-state index is 13.7. The maximum atomic E-state index is 13.7. The van der Waals surface area contributed by atoms with Crippen molar-refractivity contribution >= 4 is 17.8 Å². The lowest BCUT2D eigenvalue weighted by atomic mass is 9.97. The lowest BCUT2D eigenvalue weighted by Crippen LogP contribution is -2.53. The zero-order valence-corrected chi connectivity index (χ0v) is 14.5. The Kier molecular flexibility index (Phi) is 4.72. The molecule has 2 aliphatic rings. The molecule has 1 aromatic carbocycles. The number of amides is 3. The van der Waals surface area contributed by atoms with Crippen molar-refractivity contribution in [3.05, 3.63) is 29.6 Å². The van der Waals surface area contributed by atoms with Gasteiger partial charge in [0.05, 0.1) is 11.2 Å². The number of likely N-dealkylation sites (tertiary alicyclic amines) is 1. The summed E-state index contributed by atoms with van der Waals surface area (Å²) in [6.07, 6.45) is 0.736. The van der Waals surface area contributed by atoms with Crippen molar-refractivity contribution in [1.82, 2.24) is 9.80 Å². The van der Waals surface area contributed by atoms with Gasteiger partial charge < -0.3 is 15.0 Å². The average Bonchev–Trinajstić information content (AvgIpc) is 2.88. The highest BCUT2D eigenvalue weighted by atomic mass is 19.2. The molecule has 0 spiro atoms. The molecule has 1 N–H and O–H groups in total. The molecule has 3 amide bonds. The van der Waals surface area contributed by atoms with Crippen molar-refractivity contribution in [3.63, 3.8) is 0 Å². The Labute approximate surface area is 148 Å². The average molecular weight is 371 g/mol. The standard InChI is InChI=1S/C17H20F3N3O3/c1-17(2)9-26-16(25)23(17)10-5-7-22(8-6-10)15(24)21-12-4-3-11(18)13(19)14(12)20/h3-4,10H,5-9H2,1-2H3,(H,21,24). The number of hydrogen-bond donors (Lipinski definition) is 1. The lowest BCUT2D eigenvalue weighted by Gasteiger charge is -2.40. The van der Waals surface area contributed by atoms with E-state index in [1.165, 1.54) is 4.90 Å². The molecule has 0 aromatic heterocycles. The van der Waals surface area contributed by atoms with Crippen LogP contribution in [0.4, 0.5) is 28.4 Å². The number of hydrogen-bond acceptors (Lipinski definition) is 3. The fourth-order valence-electron chi connectivity index (χ4n) is 3.41. The number of rotatable bonds is 2. The number of piperidine rings is 1. The van der Waals surface area contributed by atoms with Gasteiger partial charge in [-0.15, -0.1) is 0 Å². The number of nitrogens with zero attached hydrogens (tertiary/aromatic N) is 2.